The van der Waals surface area contributed by atoms with E-state index in [4.69, 9.17) is 6.57 Å². The first kappa shape index (κ1) is 21.5. The molecule has 4 nitrogen and oxygen atoms in total. The number of carbonyl (C=O) groups is 1. The molecule has 0 saturated carbocycles. The molecule has 2 aliphatic rings. The second-order valence-electron chi connectivity index (χ2n) is 7.73. The van der Waals surface area contributed by atoms with E-state index in [0.717, 1.165) is 53.9 Å². The van der Waals surface area contributed by atoms with Crippen LogP contribution in [0.5, 0.6) is 0 Å². The smallest absolute Gasteiger partial charge is 0.285 e. The summed E-state index contributed by atoms with van der Waals surface area (Å²) in [7, 11) is 0. The Hall–Kier alpha value is -0.756. The van der Waals surface area contributed by atoms with Crippen molar-refractivity contribution in [2.24, 2.45) is 0 Å². The van der Waals surface area contributed by atoms with Crippen LogP contribution < -0.4 is 4.90 Å². The van der Waals surface area contributed by atoms with Crippen molar-refractivity contribution in [1.82, 2.24) is 0 Å². The summed E-state index contributed by atoms with van der Waals surface area (Å²) < 4.78 is 0.980. The number of aryl methyl sites for hydroxylation is 2. The van der Waals surface area contributed by atoms with Crippen LogP contribution in [0.2, 0.25) is 0 Å². The summed E-state index contributed by atoms with van der Waals surface area (Å²) in [6.45, 7) is 17.7. The summed E-state index contributed by atoms with van der Waals surface area (Å²) in [5.74, 6) is 0.297. The number of likely N-dealkylation sites (tertiary alicyclic amines) is 1. The molecule has 137 valence electrons. The number of rotatable bonds is 3. The molecule has 1 amide bonds. The summed E-state index contributed by atoms with van der Waals surface area (Å²) in [4.78, 5) is 18.9. The molecule has 0 bridgehead atoms. The van der Waals surface area contributed by atoms with Crippen molar-refractivity contribution < 1.29 is 42.0 Å². The molecule has 1 aromatic carbocycles. The second kappa shape index (κ2) is 8.96. The molecule has 26 heavy (non-hydrogen) atoms. The van der Waals surface area contributed by atoms with Gasteiger partial charge in [-0.1, -0.05) is 12.1 Å². The van der Waals surface area contributed by atoms with Gasteiger partial charge in [-0.25, -0.2) is 4.85 Å². The minimum atomic E-state index is 0. The summed E-state index contributed by atoms with van der Waals surface area (Å²) in [5.41, 5.74) is 3.77. The van der Waals surface area contributed by atoms with Gasteiger partial charge in [0.2, 0.25) is 0 Å². The minimum absolute atomic E-state index is 0. The van der Waals surface area contributed by atoms with Gasteiger partial charge in [-0.3, -0.25) is 4.79 Å². The molecular weight excluding hydrogens is 399 g/mol. The van der Waals surface area contributed by atoms with Gasteiger partial charge in [0, 0.05) is 51.4 Å². The zero-order valence-corrected chi connectivity index (χ0v) is 19.3. The first-order chi connectivity index (χ1) is 12.0. The van der Waals surface area contributed by atoms with Crippen LogP contribution in [0.4, 0.5) is 11.4 Å². The van der Waals surface area contributed by atoms with Gasteiger partial charge < -0.3 is 9.38 Å². The van der Waals surface area contributed by atoms with E-state index in [1.807, 2.05) is 30.9 Å². The fourth-order valence-corrected chi connectivity index (χ4v) is 4.99. The van der Waals surface area contributed by atoms with Crippen LogP contribution in [0, 0.1) is 20.4 Å². The number of carbonyl (C=O) groups excluding carboxylic acids is 1. The van der Waals surface area contributed by atoms with Gasteiger partial charge in [0.15, 0.2) is 11.7 Å². The Morgan fingerprint density at radius 3 is 2.23 bits per heavy atom. The first-order valence-corrected chi connectivity index (χ1v) is 9.68. The molecule has 2 fully saturated rings. The third-order valence-electron chi connectivity index (χ3n) is 6.30. The van der Waals surface area contributed by atoms with Gasteiger partial charge >= 0.3 is 0 Å². The van der Waals surface area contributed by atoms with E-state index in [9.17, 15) is 4.79 Å². The van der Waals surface area contributed by atoms with Gasteiger partial charge in [-0.15, -0.1) is 0 Å². The topological polar surface area (TPSA) is 24.7 Å². The zero-order valence-electron chi connectivity index (χ0n) is 16.4. The number of hydrogen-bond donors (Lipinski definition) is 0. The van der Waals surface area contributed by atoms with Crippen LogP contribution in [0.1, 0.15) is 50.2 Å². The summed E-state index contributed by atoms with van der Waals surface area (Å²) in [6.07, 6.45) is 6.06. The molecule has 0 N–H and O–H groups in total. The molecule has 1 atom stereocenters. The monoisotopic (exact) mass is 429 g/mol. The maximum Gasteiger partial charge on any atom is 0.285 e. The van der Waals surface area contributed by atoms with Crippen LogP contribution in [0.3, 0.4) is 0 Å². The van der Waals surface area contributed by atoms with Crippen LogP contribution in [-0.2, 0) is 37.5 Å². The van der Waals surface area contributed by atoms with Gasteiger partial charge in [-0.2, -0.15) is 0 Å². The third-order valence-corrected chi connectivity index (χ3v) is 6.30. The van der Waals surface area contributed by atoms with E-state index in [1.54, 1.807) is 0 Å². The Labute approximate surface area is 183 Å². The SMILES string of the molecule is [C-]#[N+]c1cc(C)c(N2CCC([N+]3(CC)CCCCCC3)C2=O)c(C)c1.[Y]. The molecule has 0 aromatic heterocycles. The van der Waals surface area contributed by atoms with E-state index < -0.39 is 0 Å². The maximum atomic E-state index is 13.4. The summed E-state index contributed by atoms with van der Waals surface area (Å²) in [5, 5.41) is 0. The van der Waals surface area contributed by atoms with Gasteiger partial charge in [0.1, 0.15) is 0 Å². The standard InChI is InChI=1S/C21H30N3O.Y/c1-5-24(12-8-6-7-9-13-24)19-10-11-23(21(19)25)20-16(2)14-18(22-4)15-17(20)3;/h14-15,19H,5-13H2,1-3H3;/q+1;. The average Bonchev–Trinajstić information content (AvgIpc) is 2.83. The molecular formula is C21H30N3OY+. The van der Waals surface area contributed by atoms with E-state index in [2.05, 4.69) is 11.8 Å². The molecule has 1 radical (unpaired) electrons. The summed E-state index contributed by atoms with van der Waals surface area (Å²) in [6, 6.07) is 3.93. The first-order valence-electron chi connectivity index (χ1n) is 9.68. The van der Waals surface area contributed by atoms with Crippen LogP contribution in [-0.4, -0.2) is 42.6 Å². The Kier molecular flexibility index (Phi) is 7.42. The Morgan fingerprint density at radius 1 is 1.15 bits per heavy atom. The molecule has 1 unspecified atom stereocenters. The number of hydrogen-bond acceptors (Lipinski definition) is 1. The molecule has 2 aliphatic heterocycles. The fraction of sp³-hybridized carbons (Fsp3) is 0.619. The average molecular weight is 429 g/mol. The maximum absolute atomic E-state index is 13.4. The van der Waals surface area contributed by atoms with E-state index >= 15 is 0 Å². The number of nitrogens with zero attached hydrogens (tertiary/aromatic N) is 3. The number of anilines is 1. The van der Waals surface area contributed by atoms with Crippen LogP contribution >= 0.6 is 0 Å². The van der Waals surface area contributed by atoms with Crippen molar-refractivity contribution in [2.75, 3.05) is 31.1 Å². The Morgan fingerprint density at radius 2 is 1.73 bits per heavy atom. The zero-order chi connectivity index (χ0) is 18.0. The van der Waals surface area contributed by atoms with Gasteiger partial charge in [0.05, 0.1) is 26.2 Å². The van der Waals surface area contributed by atoms with Crippen molar-refractivity contribution in [3.05, 3.63) is 34.7 Å². The van der Waals surface area contributed by atoms with E-state index in [1.165, 1.54) is 25.7 Å². The number of amides is 1. The Bertz CT molecular complexity index is 679. The predicted molar refractivity (Wildman–Crippen MR) is 102 cm³/mol. The van der Waals surface area contributed by atoms with E-state index in [0.29, 0.717) is 11.6 Å². The van der Waals surface area contributed by atoms with Crippen LogP contribution in [0.25, 0.3) is 4.85 Å². The molecule has 5 heteroatoms. The number of likely N-dealkylation sites (N-methyl/N-ethyl adjacent to an activating group) is 1. The minimum Gasteiger partial charge on any atom is -0.314 e. The van der Waals surface area contributed by atoms with Gasteiger partial charge in [0.25, 0.3) is 5.91 Å². The van der Waals surface area contributed by atoms with E-state index in [-0.39, 0.29) is 38.8 Å². The van der Waals surface area contributed by atoms with Crippen molar-refractivity contribution >= 4 is 17.3 Å². The molecule has 0 spiro atoms. The number of quaternary nitrogens is 1. The molecule has 2 heterocycles. The molecule has 0 aliphatic carbocycles. The normalized spacial score (nSPS) is 22.5. The van der Waals surface area contributed by atoms with Crippen LogP contribution in [0.15, 0.2) is 12.1 Å². The molecule has 3 rings (SSSR count). The van der Waals surface area contributed by atoms with Crippen molar-refractivity contribution in [1.29, 1.82) is 0 Å². The quantitative estimate of drug-likeness (QED) is 0.518. The van der Waals surface area contributed by atoms with Crippen molar-refractivity contribution in [3.63, 3.8) is 0 Å². The van der Waals surface area contributed by atoms with Gasteiger partial charge in [-0.05, 0) is 57.6 Å². The number of benzene rings is 1. The van der Waals surface area contributed by atoms with Crippen molar-refractivity contribution in [3.8, 4) is 0 Å². The molecule has 2 saturated heterocycles. The fourth-order valence-electron chi connectivity index (χ4n) is 4.99. The third kappa shape index (κ3) is 3.91. The van der Waals surface area contributed by atoms with Crippen molar-refractivity contribution in [2.45, 2.75) is 58.9 Å². The second-order valence-corrected chi connectivity index (χ2v) is 7.73. The Balaban J connectivity index is 0.00000243. The summed E-state index contributed by atoms with van der Waals surface area (Å²) >= 11 is 0. The largest absolute Gasteiger partial charge is 0.314 e. The predicted octanol–water partition coefficient (Wildman–Crippen LogP) is 4.37. The molecule has 1 aromatic rings.